The number of carbonyl (C=O) groups is 1. The quantitative estimate of drug-likeness (QED) is 0.626. The molecule has 31 heavy (non-hydrogen) atoms. The molecule has 2 aromatic heterocycles. The van der Waals surface area contributed by atoms with E-state index in [2.05, 4.69) is 9.71 Å². The minimum atomic E-state index is -4.19. The molecule has 0 aliphatic heterocycles. The van der Waals surface area contributed by atoms with Gasteiger partial charge in [-0.05, 0) is 35.2 Å². The van der Waals surface area contributed by atoms with Crippen LogP contribution in [0.2, 0.25) is 0 Å². The second kappa shape index (κ2) is 8.32. The zero-order chi connectivity index (χ0) is 23.0. The topological polar surface area (TPSA) is 99.5 Å². The highest BCUT2D eigenvalue weighted by molar-refractivity contribution is 7.90. The van der Waals surface area contributed by atoms with Crippen LogP contribution in [0, 0.1) is 0 Å². The van der Waals surface area contributed by atoms with Crippen LogP contribution in [0.4, 0.5) is 0 Å². The molecule has 0 unspecified atom stereocenters. The molecule has 0 aliphatic carbocycles. The third kappa shape index (κ3) is 4.57. The Labute approximate surface area is 182 Å². The van der Waals surface area contributed by atoms with Gasteiger partial charge in [0, 0.05) is 31.3 Å². The number of nitrogens with zero attached hydrogens (tertiary/aromatic N) is 2. The number of sulfonamides is 1. The number of aromatic nitrogens is 2. The second-order valence-electron chi connectivity index (χ2n) is 8.32. The van der Waals surface area contributed by atoms with Crippen LogP contribution in [0.15, 0.2) is 41.4 Å². The molecular weight excluding hydrogens is 418 g/mol. The first kappa shape index (κ1) is 22.8. The summed E-state index contributed by atoms with van der Waals surface area (Å²) in [4.78, 5) is 17.0. The second-order valence-corrected chi connectivity index (χ2v) is 9.97. The van der Waals surface area contributed by atoms with Gasteiger partial charge in [0.2, 0.25) is 0 Å². The van der Waals surface area contributed by atoms with Gasteiger partial charge in [-0.25, -0.2) is 18.1 Å². The summed E-state index contributed by atoms with van der Waals surface area (Å²) < 4.78 is 40.4. The minimum Gasteiger partial charge on any atom is -0.495 e. The number of rotatable bonds is 6. The van der Waals surface area contributed by atoms with Crippen molar-refractivity contribution in [2.24, 2.45) is 7.05 Å². The van der Waals surface area contributed by atoms with E-state index in [1.807, 2.05) is 33.0 Å². The van der Waals surface area contributed by atoms with E-state index in [0.717, 1.165) is 16.5 Å². The van der Waals surface area contributed by atoms with Crippen molar-refractivity contribution >= 4 is 27.0 Å². The third-order valence-corrected chi connectivity index (χ3v) is 6.34. The number of hydrogen-bond donors (Lipinski definition) is 1. The summed E-state index contributed by atoms with van der Waals surface area (Å²) in [6.45, 7) is 6.32. The maximum atomic E-state index is 13.0. The molecule has 0 atom stereocenters. The Balaban J connectivity index is 1.97. The molecule has 0 spiro atoms. The standard InChI is InChI=1S/C22H27N3O5S/c1-22(2,3)15-7-10-18(30-6)19(11-15)31(27,28)24-21(26)17-9-8-16-14(13-29-5)12-25(4)20(16)23-17/h7-12H,13H2,1-6H3,(H,24,26). The van der Waals surface area contributed by atoms with Crippen LogP contribution >= 0.6 is 0 Å². The van der Waals surface area contributed by atoms with E-state index < -0.39 is 15.9 Å². The van der Waals surface area contributed by atoms with Crippen LogP contribution in [0.25, 0.3) is 11.0 Å². The fraction of sp³-hybridized carbons (Fsp3) is 0.364. The van der Waals surface area contributed by atoms with E-state index in [1.54, 1.807) is 30.9 Å². The van der Waals surface area contributed by atoms with Gasteiger partial charge in [-0.1, -0.05) is 26.8 Å². The fourth-order valence-electron chi connectivity index (χ4n) is 3.31. The van der Waals surface area contributed by atoms with E-state index in [1.165, 1.54) is 19.2 Å². The molecule has 3 aromatic rings. The summed E-state index contributed by atoms with van der Waals surface area (Å²) in [5.41, 5.74) is 2.00. The van der Waals surface area contributed by atoms with Crippen LogP contribution in [-0.2, 0) is 33.8 Å². The molecule has 166 valence electrons. The van der Waals surface area contributed by atoms with Gasteiger partial charge in [0.25, 0.3) is 15.9 Å². The molecule has 0 saturated carbocycles. The number of pyridine rings is 1. The predicted octanol–water partition coefficient (Wildman–Crippen LogP) is 3.14. The number of fused-ring (bicyclic) bond motifs is 1. The Hall–Kier alpha value is -2.91. The zero-order valence-corrected chi connectivity index (χ0v) is 19.3. The summed E-state index contributed by atoms with van der Waals surface area (Å²) in [7, 11) is 0.593. The van der Waals surface area contributed by atoms with Crippen molar-refractivity contribution in [2.75, 3.05) is 14.2 Å². The van der Waals surface area contributed by atoms with Crippen LogP contribution in [0.5, 0.6) is 5.75 Å². The summed E-state index contributed by atoms with van der Waals surface area (Å²) >= 11 is 0. The smallest absolute Gasteiger partial charge is 0.283 e. The zero-order valence-electron chi connectivity index (χ0n) is 18.5. The lowest BCUT2D eigenvalue weighted by Gasteiger charge is -2.21. The van der Waals surface area contributed by atoms with Crippen molar-refractivity contribution in [1.29, 1.82) is 0 Å². The van der Waals surface area contributed by atoms with Crippen molar-refractivity contribution in [3.05, 3.63) is 53.3 Å². The monoisotopic (exact) mass is 445 g/mol. The Morgan fingerprint density at radius 1 is 1.16 bits per heavy atom. The molecule has 8 nitrogen and oxygen atoms in total. The minimum absolute atomic E-state index is 0.00724. The molecule has 0 saturated heterocycles. The summed E-state index contributed by atoms with van der Waals surface area (Å²) in [6.07, 6.45) is 1.86. The van der Waals surface area contributed by atoms with Gasteiger partial charge in [-0.2, -0.15) is 0 Å². The number of nitrogens with one attached hydrogen (secondary N) is 1. The van der Waals surface area contributed by atoms with Gasteiger partial charge >= 0.3 is 0 Å². The number of methoxy groups -OCH3 is 2. The SMILES string of the molecule is COCc1cn(C)c2nc(C(=O)NS(=O)(=O)c3cc(C(C)(C)C)ccc3OC)ccc12. The first-order valence-corrected chi connectivity index (χ1v) is 11.2. The number of benzene rings is 1. The first-order valence-electron chi connectivity index (χ1n) is 9.67. The van der Waals surface area contributed by atoms with Crippen LogP contribution in [0.1, 0.15) is 42.4 Å². The van der Waals surface area contributed by atoms with Crippen molar-refractivity contribution in [1.82, 2.24) is 14.3 Å². The van der Waals surface area contributed by atoms with Crippen LogP contribution in [-0.4, -0.2) is 38.1 Å². The molecular formula is C22H27N3O5S. The molecule has 1 amide bonds. The van der Waals surface area contributed by atoms with Crippen molar-refractivity contribution in [2.45, 2.75) is 37.7 Å². The maximum absolute atomic E-state index is 13.0. The number of amides is 1. The molecule has 3 rings (SSSR count). The van der Waals surface area contributed by atoms with Crippen molar-refractivity contribution < 1.29 is 22.7 Å². The van der Waals surface area contributed by atoms with E-state index in [0.29, 0.717) is 12.3 Å². The lowest BCUT2D eigenvalue weighted by atomic mass is 9.87. The molecule has 0 fully saturated rings. The lowest BCUT2D eigenvalue weighted by Crippen LogP contribution is -2.31. The number of aryl methyl sites for hydroxylation is 1. The number of ether oxygens (including phenoxy) is 2. The van der Waals surface area contributed by atoms with Gasteiger partial charge in [-0.3, -0.25) is 4.79 Å². The number of hydrogen-bond acceptors (Lipinski definition) is 6. The molecule has 0 aliphatic rings. The van der Waals surface area contributed by atoms with Gasteiger partial charge in [-0.15, -0.1) is 0 Å². The maximum Gasteiger partial charge on any atom is 0.283 e. The fourth-order valence-corrected chi connectivity index (χ4v) is 4.47. The Morgan fingerprint density at radius 3 is 2.48 bits per heavy atom. The van der Waals surface area contributed by atoms with Crippen LogP contribution in [0.3, 0.4) is 0 Å². The highest BCUT2D eigenvalue weighted by Crippen LogP contribution is 2.31. The van der Waals surface area contributed by atoms with E-state index >= 15 is 0 Å². The normalized spacial score (nSPS) is 12.2. The summed E-state index contributed by atoms with van der Waals surface area (Å²) in [5.74, 6) is -0.664. The van der Waals surface area contributed by atoms with Gasteiger partial charge in [0.05, 0.1) is 13.7 Å². The average Bonchev–Trinajstić information content (AvgIpc) is 3.01. The van der Waals surface area contributed by atoms with Gasteiger partial charge in [0.15, 0.2) is 0 Å². The number of carbonyl (C=O) groups excluding carboxylic acids is 1. The molecule has 0 radical (unpaired) electrons. The first-order chi connectivity index (χ1) is 14.5. The summed E-state index contributed by atoms with van der Waals surface area (Å²) in [6, 6.07) is 8.15. The van der Waals surface area contributed by atoms with Gasteiger partial charge < -0.3 is 14.0 Å². The van der Waals surface area contributed by atoms with Gasteiger partial charge in [0.1, 0.15) is 22.0 Å². The summed E-state index contributed by atoms with van der Waals surface area (Å²) in [5, 5.41) is 0.836. The molecule has 1 aromatic carbocycles. The highest BCUT2D eigenvalue weighted by Gasteiger charge is 2.26. The molecule has 0 bridgehead atoms. The van der Waals surface area contributed by atoms with Crippen molar-refractivity contribution in [3.63, 3.8) is 0 Å². The average molecular weight is 446 g/mol. The highest BCUT2D eigenvalue weighted by atomic mass is 32.2. The van der Waals surface area contributed by atoms with Crippen LogP contribution < -0.4 is 9.46 Å². The Kier molecular flexibility index (Phi) is 6.11. The molecule has 1 N–H and O–H groups in total. The van der Waals surface area contributed by atoms with E-state index in [4.69, 9.17) is 9.47 Å². The molecule has 9 heteroatoms. The van der Waals surface area contributed by atoms with E-state index in [9.17, 15) is 13.2 Å². The Bertz CT molecular complexity index is 1240. The lowest BCUT2D eigenvalue weighted by molar-refractivity contribution is 0.0977. The van der Waals surface area contributed by atoms with E-state index in [-0.39, 0.29) is 21.8 Å². The Morgan fingerprint density at radius 2 is 1.87 bits per heavy atom. The van der Waals surface area contributed by atoms with Crippen molar-refractivity contribution in [3.8, 4) is 5.75 Å². The predicted molar refractivity (Wildman–Crippen MR) is 118 cm³/mol. The molecule has 2 heterocycles. The third-order valence-electron chi connectivity index (χ3n) is 4.98. The largest absolute Gasteiger partial charge is 0.495 e.